The number of benzene rings is 2. The Labute approximate surface area is 174 Å². The Balaban J connectivity index is 1.81. The van der Waals surface area contributed by atoms with Crippen molar-refractivity contribution in [2.24, 2.45) is 0 Å². The number of aromatic nitrogens is 3. The topological polar surface area (TPSA) is 155 Å². The molecule has 2 aromatic carbocycles. The van der Waals surface area contributed by atoms with Crippen LogP contribution >= 0.6 is 0 Å². The monoisotopic (exact) mass is 449 g/mol. The lowest BCUT2D eigenvalue weighted by atomic mass is 10.3. The van der Waals surface area contributed by atoms with Gasteiger partial charge >= 0.3 is 0 Å². The Bertz CT molecular complexity index is 1170. The Morgan fingerprint density at radius 3 is 1.53 bits per heavy atom. The van der Waals surface area contributed by atoms with Gasteiger partial charge in [-0.15, -0.1) is 0 Å². The Kier molecular flexibility index (Phi) is 6.26. The summed E-state index contributed by atoms with van der Waals surface area (Å²) >= 11 is 0. The number of nitrogens with one attached hydrogen (secondary N) is 4. The quantitative estimate of drug-likeness (QED) is 0.396. The van der Waals surface area contributed by atoms with E-state index in [1.807, 2.05) is 0 Å². The largest absolute Gasteiger partial charge is 0.324 e. The second kappa shape index (κ2) is 8.71. The van der Waals surface area contributed by atoms with E-state index in [2.05, 4.69) is 35.0 Å². The zero-order valence-corrected chi connectivity index (χ0v) is 17.6. The molecule has 0 unspecified atom stereocenters. The summed E-state index contributed by atoms with van der Waals surface area (Å²) in [5, 5.41) is 5.82. The van der Waals surface area contributed by atoms with E-state index in [1.165, 1.54) is 44.7 Å². The molecule has 30 heavy (non-hydrogen) atoms. The summed E-state index contributed by atoms with van der Waals surface area (Å²) in [7, 11) is -4.52. The van der Waals surface area contributed by atoms with Gasteiger partial charge in [-0.1, -0.05) is 12.1 Å². The molecular formula is C17H19N7O4S2. The van der Waals surface area contributed by atoms with Crippen molar-refractivity contribution in [3.05, 3.63) is 54.9 Å². The fourth-order valence-corrected chi connectivity index (χ4v) is 3.94. The highest BCUT2D eigenvalue weighted by molar-refractivity contribution is 7.89. The van der Waals surface area contributed by atoms with Crippen LogP contribution in [0.4, 0.5) is 23.3 Å². The molecule has 0 aliphatic carbocycles. The third-order valence-corrected chi connectivity index (χ3v) is 6.73. The number of hydrogen-bond acceptors (Lipinski definition) is 9. The van der Waals surface area contributed by atoms with Crippen LogP contribution in [-0.2, 0) is 20.0 Å². The van der Waals surface area contributed by atoms with Crippen molar-refractivity contribution in [2.45, 2.75) is 9.79 Å². The average Bonchev–Trinajstić information content (AvgIpc) is 2.74. The van der Waals surface area contributed by atoms with Crippen LogP contribution in [0.1, 0.15) is 0 Å². The normalized spacial score (nSPS) is 11.8. The van der Waals surface area contributed by atoms with Gasteiger partial charge in [-0.05, 0) is 50.5 Å². The van der Waals surface area contributed by atoms with Crippen molar-refractivity contribution in [3.63, 3.8) is 0 Å². The highest BCUT2D eigenvalue weighted by atomic mass is 32.2. The predicted octanol–water partition coefficient (Wildman–Crippen LogP) is 1.17. The van der Waals surface area contributed by atoms with Crippen molar-refractivity contribution in [1.29, 1.82) is 0 Å². The summed E-state index contributed by atoms with van der Waals surface area (Å²) < 4.78 is 52.3. The molecule has 1 heterocycles. The van der Waals surface area contributed by atoms with Crippen molar-refractivity contribution in [2.75, 3.05) is 24.7 Å². The fraction of sp³-hybridized carbons (Fsp3) is 0.118. The van der Waals surface area contributed by atoms with E-state index < -0.39 is 20.0 Å². The smallest absolute Gasteiger partial charge is 0.240 e. The Morgan fingerprint density at radius 2 is 1.13 bits per heavy atom. The average molecular weight is 450 g/mol. The molecule has 0 bridgehead atoms. The molecular weight excluding hydrogens is 430 g/mol. The van der Waals surface area contributed by atoms with E-state index in [4.69, 9.17) is 0 Å². The molecule has 158 valence electrons. The second-order valence-corrected chi connectivity index (χ2v) is 9.63. The molecule has 0 saturated carbocycles. The minimum absolute atomic E-state index is 0.0879. The van der Waals surface area contributed by atoms with Crippen LogP contribution in [0.15, 0.2) is 64.6 Å². The molecule has 0 saturated heterocycles. The Hall–Kier alpha value is -3.13. The van der Waals surface area contributed by atoms with Crippen LogP contribution in [-0.4, -0.2) is 45.9 Å². The second-order valence-electron chi connectivity index (χ2n) is 5.85. The first-order chi connectivity index (χ1) is 14.2. The standard InChI is InChI=1S/C17H19N7O4S2/c1-18-29(25,26)14-7-3-5-12(9-14)22-16-20-11-21-17(24-16)23-13-6-4-8-15(10-13)30(27,28)19-2/h3-11,18-19H,1-2H3,(H2,20,21,22,23,24). The fourth-order valence-electron chi connectivity index (χ4n) is 2.39. The molecule has 4 N–H and O–H groups in total. The molecule has 0 radical (unpaired) electrons. The summed E-state index contributed by atoms with van der Waals surface area (Å²) in [5.41, 5.74) is 0.927. The molecule has 3 aromatic rings. The molecule has 0 atom stereocenters. The first kappa shape index (κ1) is 21.6. The van der Waals surface area contributed by atoms with Crippen LogP contribution in [0.3, 0.4) is 0 Å². The van der Waals surface area contributed by atoms with E-state index in [9.17, 15) is 16.8 Å². The summed E-state index contributed by atoms with van der Waals surface area (Å²) in [4.78, 5) is 12.4. The van der Waals surface area contributed by atoms with Gasteiger partial charge in [0.05, 0.1) is 9.79 Å². The highest BCUT2D eigenvalue weighted by Gasteiger charge is 2.13. The summed E-state index contributed by atoms with van der Waals surface area (Å²) in [6.45, 7) is 0. The zero-order valence-electron chi connectivity index (χ0n) is 16.0. The van der Waals surface area contributed by atoms with E-state index in [0.29, 0.717) is 11.4 Å². The maximum absolute atomic E-state index is 11.9. The van der Waals surface area contributed by atoms with Gasteiger partial charge in [0.15, 0.2) is 0 Å². The van der Waals surface area contributed by atoms with Crippen LogP contribution in [0, 0.1) is 0 Å². The van der Waals surface area contributed by atoms with Gasteiger partial charge in [0.2, 0.25) is 31.9 Å². The number of rotatable bonds is 8. The minimum atomic E-state index is -3.59. The molecule has 0 fully saturated rings. The SMILES string of the molecule is CNS(=O)(=O)c1cccc(Nc2ncnc(Nc3cccc(S(=O)(=O)NC)c3)n2)c1. The lowest BCUT2D eigenvalue weighted by Crippen LogP contribution is -2.18. The van der Waals surface area contributed by atoms with Crippen molar-refractivity contribution < 1.29 is 16.8 Å². The van der Waals surface area contributed by atoms with Crippen molar-refractivity contribution >= 4 is 43.3 Å². The zero-order chi connectivity index (χ0) is 21.8. The molecule has 0 spiro atoms. The minimum Gasteiger partial charge on any atom is -0.324 e. The third kappa shape index (κ3) is 5.07. The summed E-state index contributed by atoms with van der Waals surface area (Å²) in [6, 6.07) is 12.3. The van der Waals surface area contributed by atoms with Gasteiger partial charge in [0.1, 0.15) is 6.33 Å². The van der Waals surface area contributed by atoms with E-state index >= 15 is 0 Å². The lowest BCUT2D eigenvalue weighted by molar-refractivity contribution is 0.586. The maximum Gasteiger partial charge on any atom is 0.240 e. The summed E-state index contributed by atoms with van der Waals surface area (Å²) in [5.74, 6) is 0.344. The first-order valence-electron chi connectivity index (χ1n) is 8.54. The van der Waals surface area contributed by atoms with Gasteiger partial charge in [-0.25, -0.2) is 36.2 Å². The lowest BCUT2D eigenvalue weighted by Gasteiger charge is -2.10. The maximum atomic E-state index is 11.9. The molecule has 3 rings (SSSR count). The third-order valence-electron chi connectivity index (χ3n) is 3.91. The van der Waals surface area contributed by atoms with Gasteiger partial charge in [-0.3, -0.25) is 0 Å². The van der Waals surface area contributed by atoms with Crippen LogP contribution in [0.5, 0.6) is 0 Å². The Morgan fingerprint density at radius 1 is 0.700 bits per heavy atom. The number of anilines is 4. The van der Waals surface area contributed by atoms with Crippen LogP contribution < -0.4 is 20.1 Å². The van der Waals surface area contributed by atoms with Gasteiger partial charge in [0.25, 0.3) is 0 Å². The highest BCUT2D eigenvalue weighted by Crippen LogP contribution is 2.20. The number of sulfonamides is 2. The van der Waals surface area contributed by atoms with Gasteiger partial charge < -0.3 is 10.6 Å². The first-order valence-corrected chi connectivity index (χ1v) is 11.5. The molecule has 13 heteroatoms. The summed E-state index contributed by atoms with van der Waals surface area (Å²) in [6.07, 6.45) is 1.26. The molecule has 0 amide bonds. The van der Waals surface area contributed by atoms with Gasteiger partial charge in [0, 0.05) is 11.4 Å². The number of hydrogen-bond donors (Lipinski definition) is 4. The molecule has 0 aliphatic heterocycles. The molecule has 1 aromatic heterocycles. The van der Waals surface area contributed by atoms with Gasteiger partial charge in [-0.2, -0.15) is 4.98 Å². The van der Waals surface area contributed by atoms with E-state index in [-0.39, 0.29) is 21.7 Å². The van der Waals surface area contributed by atoms with Crippen molar-refractivity contribution in [3.8, 4) is 0 Å². The predicted molar refractivity (Wildman–Crippen MR) is 112 cm³/mol. The van der Waals surface area contributed by atoms with E-state index in [0.717, 1.165) is 0 Å². The molecule has 0 aliphatic rings. The number of nitrogens with zero attached hydrogens (tertiary/aromatic N) is 3. The van der Waals surface area contributed by atoms with Crippen LogP contribution in [0.2, 0.25) is 0 Å². The van der Waals surface area contributed by atoms with E-state index in [1.54, 1.807) is 24.3 Å². The van der Waals surface area contributed by atoms with Crippen LogP contribution in [0.25, 0.3) is 0 Å². The molecule has 11 nitrogen and oxygen atoms in total. The van der Waals surface area contributed by atoms with Crippen molar-refractivity contribution in [1.82, 2.24) is 24.4 Å².